The molecule has 0 radical (unpaired) electrons. The number of aryl methyl sites for hydroxylation is 1. The van der Waals surface area contributed by atoms with Gasteiger partial charge in [0.25, 0.3) is 5.91 Å². The van der Waals surface area contributed by atoms with Crippen molar-refractivity contribution >= 4 is 17.5 Å². The Kier molecular flexibility index (Phi) is 6.15. The van der Waals surface area contributed by atoms with Gasteiger partial charge < -0.3 is 5.32 Å². The molecule has 30 heavy (non-hydrogen) atoms. The number of hydrogen-bond donors (Lipinski definition) is 1. The van der Waals surface area contributed by atoms with Gasteiger partial charge in [0.2, 0.25) is 0 Å². The van der Waals surface area contributed by atoms with Crippen molar-refractivity contribution < 1.29 is 4.79 Å². The number of aromatic nitrogens is 4. The van der Waals surface area contributed by atoms with Gasteiger partial charge in [0.1, 0.15) is 5.69 Å². The third-order valence-electron chi connectivity index (χ3n) is 4.66. The minimum atomic E-state index is -0.262. The van der Waals surface area contributed by atoms with E-state index in [1.54, 1.807) is 29.2 Å². The van der Waals surface area contributed by atoms with Crippen molar-refractivity contribution in [3.8, 4) is 16.9 Å². The Labute approximate surface area is 179 Å². The van der Waals surface area contributed by atoms with Crippen LogP contribution in [0.5, 0.6) is 0 Å². The van der Waals surface area contributed by atoms with Crippen LogP contribution in [-0.2, 0) is 6.42 Å². The van der Waals surface area contributed by atoms with Crippen molar-refractivity contribution in [3.63, 3.8) is 0 Å². The molecule has 2 aromatic carbocycles. The molecule has 2 heterocycles. The van der Waals surface area contributed by atoms with Gasteiger partial charge in [-0.1, -0.05) is 47.1 Å². The number of pyridine rings is 1. The number of amides is 1. The van der Waals surface area contributed by atoms with Gasteiger partial charge >= 0.3 is 0 Å². The van der Waals surface area contributed by atoms with Crippen LogP contribution in [0.15, 0.2) is 79.1 Å². The van der Waals surface area contributed by atoms with Crippen molar-refractivity contribution in [2.24, 2.45) is 0 Å². The Morgan fingerprint density at radius 2 is 1.80 bits per heavy atom. The van der Waals surface area contributed by atoms with Crippen LogP contribution in [0.25, 0.3) is 16.9 Å². The number of carbonyl (C=O) groups excluding carboxylic acids is 1. The van der Waals surface area contributed by atoms with Gasteiger partial charge in [0.05, 0.1) is 5.69 Å². The molecule has 7 heteroatoms. The molecule has 0 saturated carbocycles. The van der Waals surface area contributed by atoms with Crippen LogP contribution < -0.4 is 5.32 Å². The first kappa shape index (κ1) is 19.8. The SMILES string of the molecule is O=C(NCCCc1ccccc1)c1nnn(-c2ccc(Cl)cc2)c1-c1cccnc1. The molecule has 0 aliphatic heterocycles. The number of rotatable bonds is 7. The highest BCUT2D eigenvalue weighted by Gasteiger charge is 2.22. The van der Waals surface area contributed by atoms with Gasteiger partial charge in [-0.15, -0.1) is 5.10 Å². The Morgan fingerprint density at radius 1 is 1.00 bits per heavy atom. The highest BCUT2D eigenvalue weighted by molar-refractivity contribution is 6.30. The summed E-state index contributed by atoms with van der Waals surface area (Å²) in [6, 6.07) is 21.1. The van der Waals surface area contributed by atoms with E-state index in [2.05, 4.69) is 32.7 Å². The molecule has 1 N–H and O–H groups in total. The Bertz CT molecular complexity index is 1110. The average molecular weight is 418 g/mol. The lowest BCUT2D eigenvalue weighted by molar-refractivity contribution is 0.0949. The molecular formula is C23H20ClN5O. The molecule has 4 rings (SSSR count). The summed E-state index contributed by atoms with van der Waals surface area (Å²) in [7, 11) is 0. The number of carbonyl (C=O) groups is 1. The summed E-state index contributed by atoms with van der Waals surface area (Å²) in [5.41, 5.74) is 3.61. The second kappa shape index (κ2) is 9.33. The molecule has 0 aliphatic rings. The highest BCUT2D eigenvalue weighted by Crippen LogP contribution is 2.25. The van der Waals surface area contributed by atoms with Gasteiger partial charge in [-0.25, -0.2) is 4.68 Å². The molecule has 150 valence electrons. The van der Waals surface area contributed by atoms with E-state index >= 15 is 0 Å². The van der Waals surface area contributed by atoms with Crippen molar-refractivity contribution in [1.29, 1.82) is 0 Å². The van der Waals surface area contributed by atoms with Crippen LogP contribution in [0.1, 0.15) is 22.5 Å². The summed E-state index contributed by atoms with van der Waals surface area (Å²) in [5.74, 6) is -0.262. The zero-order chi connectivity index (χ0) is 20.8. The minimum Gasteiger partial charge on any atom is -0.351 e. The Balaban J connectivity index is 1.55. The van der Waals surface area contributed by atoms with E-state index < -0.39 is 0 Å². The zero-order valence-corrected chi connectivity index (χ0v) is 17.0. The first-order valence-corrected chi connectivity index (χ1v) is 10.0. The topological polar surface area (TPSA) is 72.7 Å². The van der Waals surface area contributed by atoms with Crippen molar-refractivity contribution in [1.82, 2.24) is 25.3 Å². The normalized spacial score (nSPS) is 10.7. The van der Waals surface area contributed by atoms with Crippen LogP contribution in [0, 0.1) is 0 Å². The predicted molar refractivity (Wildman–Crippen MR) is 117 cm³/mol. The van der Waals surface area contributed by atoms with Crippen molar-refractivity contribution in [2.45, 2.75) is 12.8 Å². The first-order chi connectivity index (χ1) is 14.7. The fourth-order valence-corrected chi connectivity index (χ4v) is 3.31. The van der Waals surface area contributed by atoms with Crippen molar-refractivity contribution in [3.05, 3.63) is 95.4 Å². The second-order valence-corrected chi connectivity index (χ2v) is 7.20. The quantitative estimate of drug-likeness (QED) is 0.454. The van der Waals surface area contributed by atoms with E-state index in [1.165, 1.54) is 5.56 Å². The molecule has 2 aromatic heterocycles. The molecule has 0 fully saturated rings. The van der Waals surface area contributed by atoms with E-state index in [0.29, 0.717) is 17.3 Å². The van der Waals surface area contributed by atoms with Crippen LogP contribution >= 0.6 is 11.6 Å². The monoisotopic (exact) mass is 417 g/mol. The summed E-state index contributed by atoms with van der Waals surface area (Å²) in [6.45, 7) is 0.550. The largest absolute Gasteiger partial charge is 0.351 e. The maximum atomic E-state index is 12.9. The number of halogens is 1. The average Bonchev–Trinajstić information content (AvgIpc) is 3.24. The molecule has 0 unspecified atom stereocenters. The smallest absolute Gasteiger partial charge is 0.274 e. The molecule has 1 amide bonds. The van der Waals surface area contributed by atoms with E-state index in [-0.39, 0.29) is 11.6 Å². The molecule has 0 atom stereocenters. The summed E-state index contributed by atoms with van der Waals surface area (Å²) in [6.07, 6.45) is 5.11. The fourth-order valence-electron chi connectivity index (χ4n) is 3.18. The summed E-state index contributed by atoms with van der Waals surface area (Å²) in [4.78, 5) is 17.1. The summed E-state index contributed by atoms with van der Waals surface area (Å²) in [5, 5.41) is 12.0. The van der Waals surface area contributed by atoms with E-state index in [1.807, 2.05) is 42.5 Å². The molecule has 0 spiro atoms. The lowest BCUT2D eigenvalue weighted by atomic mass is 10.1. The standard InChI is InChI=1S/C23H20ClN5O/c24-19-10-12-20(13-11-19)29-22(18-9-5-14-25-16-18)21(27-28-29)23(30)26-15-4-8-17-6-2-1-3-7-17/h1-3,5-7,9-14,16H,4,8,15H2,(H,26,30). The van der Waals surface area contributed by atoms with Gasteiger partial charge in [-0.2, -0.15) is 0 Å². The molecular weight excluding hydrogens is 398 g/mol. The van der Waals surface area contributed by atoms with Crippen LogP contribution in [0.2, 0.25) is 5.02 Å². The van der Waals surface area contributed by atoms with Gasteiger partial charge in [0, 0.05) is 29.5 Å². The minimum absolute atomic E-state index is 0.262. The molecule has 4 aromatic rings. The number of hydrogen-bond acceptors (Lipinski definition) is 4. The maximum Gasteiger partial charge on any atom is 0.274 e. The molecule has 6 nitrogen and oxygen atoms in total. The molecule has 0 bridgehead atoms. The second-order valence-electron chi connectivity index (χ2n) is 6.76. The third-order valence-corrected chi connectivity index (χ3v) is 4.91. The van der Waals surface area contributed by atoms with Gasteiger partial charge in [0.15, 0.2) is 5.69 Å². The third kappa shape index (κ3) is 4.55. The Hall–Kier alpha value is -3.51. The molecule has 0 aliphatic carbocycles. The van der Waals surface area contributed by atoms with E-state index in [9.17, 15) is 4.79 Å². The van der Waals surface area contributed by atoms with E-state index in [0.717, 1.165) is 24.1 Å². The van der Waals surface area contributed by atoms with Crippen LogP contribution in [-0.4, -0.2) is 32.4 Å². The van der Waals surface area contributed by atoms with Crippen LogP contribution in [0.4, 0.5) is 0 Å². The van der Waals surface area contributed by atoms with Gasteiger partial charge in [-0.05, 0) is 54.8 Å². The van der Waals surface area contributed by atoms with Crippen LogP contribution in [0.3, 0.4) is 0 Å². The lowest BCUT2D eigenvalue weighted by Crippen LogP contribution is -2.25. The maximum absolute atomic E-state index is 12.9. The van der Waals surface area contributed by atoms with Gasteiger partial charge in [-0.3, -0.25) is 9.78 Å². The number of benzene rings is 2. The zero-order valence-electron chi connectivity index (χ0n) is 16.2. The fraction of sp³-hybridized carbons (Fsp3) is 0.130. The highest BCUT2D eigenvalue weighted by atomic mass is 35.5. The summed E-state index contributed by atoms with van der Waals surface area (Å²) < 4.78 is 1.63. The number of nitrogens with zero attached hydrogens (tertiary/aromatic N) is 4. The molecule has 0 saturated heterocycles. The van der Waals surface area contributed by atoms with E-state index in [4.69, 9.17) is 11.6 Å². The number of nitrogens with one attached hydrogen (secondary N) is 1. The predicted octanol–water partition coefficient (Wildman–Crippen LogP) is 4.35. The lowest BCUT2D eigenvalue weighted by Gasteiger charge is -2.09. The first-order valence-electron chi connectivity index (χ1n) is 9.66. The van der Waals surface area contributed by atoms with Crippen molar-refractivity contribution in [2.75, 3.05) is 6.54 Å². The Morgan fingerprint density at radius 3 is 2.53 bits per heavy atom. The summed E-state index contributed by atoms with van der Waals surface area (Å²) >= 11 is 6.01.